The number of hydrogen-bond acceptors (Lipinski definition) is 2. The summed E-state index contributed by atoms with van der Waals surface area (Å²) in [4.78, 5) is 16.7. The Hall–Kier alpha value is -0.770. The second-order valence-corrected chi connectivity index (χ2v) is 6.03. The number of piperazine rings is 1. The lowest BCUT2D eigenvalue weighted by Gasteiger charge is -2.37. The number of benzene rings is 1. The van der Waals surface area contributed by atoms with Crippen molar-refractivity contribution >= 4 is 29.1 Å². The molecule has 0 N–H and O–H groups in total. The zero-order valence-corrected chi connectivity index (χ0v) is 13.4. The van der Waals surface area contributed by atoms with Crippen molar-refractivity contribution in [2.24, 2.45) is 0 Å². The third kappa shape index (κ3) is 3.46. The van der Waals surface area contributed by atoms with E-state index in [-0.39, 0.29) is 5.91 Å². The van der Waals surface area contributed by atoms with E-state index in [1.54, 1.807) is 18.2 Å². The summed E-state index contributed by atoms with van der Waals surface area (Å²) in [6.07, 6.45) is 1.14. The van der Waals surface area contributed by atoms with E-state index in [9.17, 15) is 4.79 Å². The summed E-state index contributed by atoms with van der Waals surface area (Å²) >= 11 is 11.8. The SMILES string of the molecule is CCC(C)N1CCN(C(=O)c2ccc(Cl)c(Cl)c2)CC1. The Labute approximate surface area is 130 Å². The number of rotatable bonds is 3. The fourth-order valence-electron chi connectivity index (χ4n) is 2.44. The summed E-state index contributed by atoms with van der Waals surface area (Å²) in [5, 5.41) is 0.903. The average molecular weight is 315 g/mol. The number of carbonyl (C=O) groups excluding carboxylic acids is 1. The van der Waals surface area contributed by atoms with E-state index in [1.165, 1.54) is 0 Å². The quantitative estimate of drug-likeness (QED) is 0.851. The van der Waals surface area contributed by atoms with Gasteiger partial charge in [-0.25, -0.2) is 0 Å². The molecule has 0 saturated carbocycles. The van der Waals surface area contributed by atoms with Gasteiger partial charge >= 0.3 is 0 Å². The molecule has 0 radical (unpaired) electrons. The first-order valence-electron chi connectivity index (χ1n) is 7.01. The van der Waals surface area contributed by atoms with Gasteiger partial charge in [0.05, 0.1) is 10.0 Å². The van der Waals surface area contributed by atoms with Crippen molar-refractivity contribution in [2.45, 2.75) is 26.3 Å². The lowest BCUT2D eigenvalue weighted by Crippen LogP contribution is -2.51. The predicted molar refractivity (Wildman–Crippen MR) is 83.7 cm³/mol. The van der Waals surface area contributed by atoms with Gasteiger partial charge < -0.3 is 4.90 Å². The number of nitrogens with zero attached hydrogens (tertiary/aromatic N) is 2. The molecule has 0 bridgehead atoms. The van der Waals surface area contributed by atoms with Gasteiger partial charge in [-0.2, -0.15) is 0 Å². The molecule has 0 aromatic heterocycles. The van der Waals surface area contributed by atoms with Crippen molar-refractivity contribution in [3.8, 4) is 0 Å². The smallest absolute Gasteiger partial charge is 0.253 e. The molecular formula is C15H20Cl2N2O. The van der Waals surface area contributed by atoms with E-state index < -0.39 is 0 Å². The van der Waals surface area contributed by atoms with Crippen molar-refractivity contribution < 1.29 is 4.79 Å². The van der Waals surface area contributed by atoms with Crippen LogP contribution in [0.15, 0.2) is 18.2 Å². The van der Waals surface area contributed by atoms with Crippen LogP contribution in [0.3, 0.4) is 0 Å². The molecule has 1 aromatic rings. The largest absolute Gasteiger partial charge is 0.336 e. The van der Waals surface area contributed by atoms with E-state index in [2.05, 4.69) is 18.7 Å². The number of amides is 1. The first kappa shape index (κ1) is 15.6. The second kappa shape index (κ2) is 6.79. The van der Waals surface area contributed by atoms with Crippen molar-refractivity contribution in [2.75, 3.05) is 26.2 Å². The van der Waals surface area contributed by atoms with E-state index >= 15 is 0 Å². The van der Waals surface area contributed by atoms with E-state index in [1.807, 2.05) is 4.90 Å². The highest BCUT2D eigenvalue weighted by molar-refractivity contribution is 6.42. The van der Waals surface area contributed by atoms with Crippen LogP contribution in [-0.4, -0.2) is 47.9 Å². The maximum Gasteiger partial charge on any atom is 0.253 e. The standard InChI is InChI=1S/C15H20Cl2N2O/c1-3-11(2)18-6-8-19(9-7-18)15(20)12-4-5-13(16)14(17)10-12/h4-5,10-11H,3,6-9H2,1-2H3. The van der Waals surface area contributed by atoms with Gasteiger partial charge in [0.15, 0.2) is 0 Å². The average Bonchev–Trinajstić information content (AvgIpc) is 2.48. The molecule has 1 saturated heterocycles. The molecule has 1 unspecified atom stereocenters. The van der Waals surface area contributed by atoms with E-state index in [0.717, 1.165) is 32.6 Å². The van der Waals surface area contributed by atoms with Crippen LogP contribution >= 0.6 is 23.2 Å². The normalized spacial score (nSPS) is 18.1. The molecule has 110 valence electrons. The van der Waals surface area contributed by atoms with Gasteiger partial charge in [0.2, 0.25) is 0 Å². The third-order valence-electron chi connectivity index (χ3n) is 3.98. The molecule has 2 rings (SSSR count). The van der Waals surface area contributed by atoms with Gasteiger partial charge in [0, 0.05) is 37.8 Å². The molecule has 1 aromatic carbocycles. The molecule has 5 heteroatoms. The van der Waals surface area contributed by atoms with Crippen LogP contribution in [0.1, 0.15) is 30.6 Å². The van der Waals surface area contributed by atoms with Gasteiger partial charge in [-0.15, -0.1) is 0 Å². The summed E-state index contributed by atoms with van der Waals surface area (Å²) in [5.41, 5.74) is 0.608. The van der Waals surface area contributed by atoms with Gasteiger partial charge in [0.25, 0.3) is 5.91 Å². The van der Waals surface area contributed by atoms with Crippen LogP contribution in [0.25, 0.3) is 0 Å². The molecule has 1 heterocycles. The molecule has 3 nitrogen and oxygen atoms in total. The fourth-order valence-corrected chi connectivity index (χ4v) is 2.73. The molecule has 0 spiro atoms. The number of carbonyl (C=O) groups is 1. The monoisotopic (exact) mass is 314 g/mol. The Bertz CT molecular complexity index is 485. The van der Waals surface area contributed by atoms with Gasteiger partial charge in [-0.3, -0.25) is 9.69 Å². The molecule has 1 aliphatic heterocycles. The summed E-state index contributed by atoms with van der Waals surface area (Å²) in [7, 11) is 0. The topological polar surface area (TPSA) is 23.6 Å². The van der Waals surface area contributed by atoms with Gasteiger partial charge in [-0.1, -0.05) is 30.1 Å². The first-order chi connectivity index (χ1) is 9.52. The Morgan fingerprint density at radius 3 is 2.40 bits per heavy atom. The van der Waals surface area contributed by atoms with Crippen LogP contribution < -0.4 is 0 Å². The van der Waals surface area contributed by atoms with Crippen LogP contribution in [0.2, 0.25) is 10.0 Å². The van der Waals surface area contributed by atoms with Gasteiger partial charge in [0.1, 0.15) is 0 Å². The highest BCUT2D eigenvalue weighted by Gasteiger charge is 2.24. The summed E-state index contributed by atoms with van der Waals surface area (Å²) in [5.74, 6) is 0.0346. The Morgan fingerprint density at radius 1 is 1.20 bits per heavy atom. The van der Waals surface area contributed by atoms with Crippen LogP contribution in [0.4, 0.5) is 0 Å². The van der Waals surface area contributed by atoms with Crippen molar-refractivity contribution in [1.82, 2.24) is 9.80 Å². The molecule has 0 aliphatic carbocycles. The van der Waals surface area contributed by atoms with E-state index in [0.29, 0.717) is 21.7 Å². The minimum atomic E-state index is 0.0346. The second-order valence-electron chi connectivity index (χ2n) is 5.21. The van der Waals surface area contributed by atoms with Crippen LogP contribution in [0, 0.1) is 0 Å². The number of hydrogen-bond donors (Lipinski definition) is 0. The molecular weight excluding hydrogens is 295 g/mol. The third-order valence-corrected chi connectivity index (χ3v) is 4.72. The summed E-state index contributed by atoms with van der Waals surface area (Å²) < 4.78 is 0. The highest BCUT2D eigenvalue weighted by atomic mass is 35.5. The lowest BCUT2D eigenvalue weighted by atomic mass is 10.1. The maximum atomic E-state index is 12.4. The minimum absolute atomic E-state index is 0.0346. The summed E-state index contributed by atoms with van der Waals surface area (Å²) in [6, 6.07) is 5.63. The fraction of sp³-hybridized carbons (Fsp3) is 0.533. The molecule has 20 heavy (non-hydrogen) atoms. The predicted octanol–water partition coefficient (Wildman–Crippen LogP) is 3.55. The van der Waals surface area contributed by atoms with E-state index in [4.69, 9.17) is 23.2 Å². The first-order valence-corrected chi connectivity index (χ1v) is 7.77. The lowest BCUT2D eigenvalue weighted by molar-refractivity contribution is 0.0579. The number of halogens is 2. The zero-order chi connectivity index (χ0) is 14.7. The molecule has 1 amide bonds. The van der Waals surface area contributed by atoms with Crippen molar-refractivity contribution in [1.29, 1.82) is 0 Å². The van der Waals surface area contributed by atoms with Crippen molar-refractivity contribution in [3.63, 3.8) is 0 Å². The minimum Gasteiger partial charge on any atom is -0.336 e. The zero-order valence-electron chi connectivity index (χ0n) is 11.9. The Balaban J connectivity index is 1.99. The molecule has 1 atom stereocenters. The Morgan fingerprint density at radius 2 is 1.85 bits per heavy atom. The van der Waals surface area contributed by atoms with Crippen molar-refractivity contribution in [3.05, 3.63) is 33.8 Å². The highest BCUT2D eigenvalue weighted by Crippen LogP contribution is 2.23. The van der Waals surface area contributed by atoms with Gasteiger partial charge in [-0.05, 0) is 31.5 Å². The van der Waals surface area contributed by atoms with Crippen LogP contribution in [0.5, 0.6) is 0 Å². The summed E-state index contributed by atoms with van der Waals surface area (Å²) in [6.45, 7) is 7.82. The van der Waals surface area contributed by atoms with Crippen LogP contribution in [-0.2, 0) is 0 Å². The molecule has 1 fully saturated rings. The Kier molecular flexibility index (Phi) is 5.30. The molecule has 1 aliphatic rings. The maximum absolute atomic E-state index is 12.4.